The number of morpholine rings is 1. The lowest BCUT2D eigenvalue weighted by Crippen LogP contribution is -2.33. The SMILES string of the molecule is Clc1ncc(C2CNCCO2)c(Cl)n1. The molecule has 6 heteroatoms. The van der Waals surface area contributed by atoms with E-state index in [4.69, 9.17) is 27.9 Å². The largest absolute Gasteiger partial charge is 0.371 e. The highest BCUT2D eigenvalue weighted by Gasteiger charge is 2.19. The summed E-state index contributed by atoms with van der Waals surface area (Å²) in [4.78, 5) is 7.74. The smallest absolute Gasteiger partial charge is 0.223 e. The first kappa shape index (κ1) is 10.1. The van der Waals surface area contributed by atoms with Gasteiger partial charge in [-0.2, -0.15) is 0 Å². The van der Waals surface area contributed by atoms with Crippen LogP contribution in [-0.2, 0) is 4.74 Å². The lowest BCUT2D eigenvalue weighted by molar-refractivity contribution is 0.0273. The standard InChI is InChI=1S/C8H9Cl2N3O/c9-7-5(3-12-8(10)13-7)6-4-11-1-2-14-6/h3,6,11H,1-2,4H2. The molecule has 2 heterocycles. The van der Waals surface area contributed by atoms with Crippen LogP contribution in [0.2, 0.25) is 10.4 Å². The summed E-state index contributed by atoms with van der Waals surface area (Å²) < 4.78 is 5.51. The molecule has 1 aliphatic rings. The highest BCUT2D eigenvalue weighted by Crippen LogP contribution is 2.24. The van der Waals surface area contributed by atoms with E-state index in [-0.39, 0.29) is 11.4 Å². The number of rotatable bonds is 1. The second kappa shape index (κ2) is 4.40. The maximum absolute atomic E-state index is 5.92. The van der Waals surface area contributed by atoms with Crippen molar-refractivity contribution in [3.63, 3.8) is 0 Å². The Hall–Kier alpha value is -0.420. The molecule has 76 valence electrons. The predicted molar refractivity (Wildman–Crippen MR) is 53.6 cm³/mol. The van der Waals surface area contributed by atoms with Gasteiger partial charge in [-0.05, 0) is 11.6 Å². The van der Waals surface area contributed by atoms with E-state index in [1.165, 1.54) is 0 Å². The molecular weight excluding hydrogens is 225 g/mol. The van der Waals surface area contributed by atoms with E-state index in [1.807, 2.05) is 0 Å². The summed E-state index contributed by atoms with van der Waals surface area (Å²) in [5.41, 5.74) is 0.781. The number of nitrogens with one attached hydrogen (secondary N) is 1. The van der Waals surface area contributed by atoms with Crippen LogP contribution in [0.3, 0.4) is 0 Å². The number of aromatic nitrogens is 2. The maximum atomic E-state index is 5.92. The molecule has 1 saturated heterocycles. The Balaban J connectivity index is 2.22. The molecule has 1 aromatic heterocycles. The first-order valence-corrected chi connectivity index (χ1v) is 5.03. The van der Waals surface area contributed by atoms with Gasteiger partial charge in [0.1, 0.15) is 5.15 Å². The van der Waals surface area contributed by atoms with Crippen molar-refractivity contribution in [1.82, 2.24) is 15.3 Å². The van der Waals surface area contributed by atoms with Gasteiger partial charge in [0, 0.05) is 24.8 Å². The summed E-state index contributed by atoms with van der Waals surface area (Å²) in [5, 5.41) is 3.72. The van der Waals surface area contributed by atoms with Gasteiger partial charge < -0.3 is 10.1 Å². The number of hydrogen-bond acceptors (Lipinski definition) is 4. The molecule has 4 nitrogen and oxygen atoms in total. The minimum absolute atomic E-state index is 0.0754. The van der Waals surface area contributed by atoms with Gasteiger partial charge in [-0.1, -0.05) is 11.6 Å². The Labute approximate surface area is 91.6 Å². The lowest BCUT2D eigenvalue weighted by atomic mass is 10.2. The molecule has 1 aliphatic heterocycles. The molecule has 2 rings (SSSR count). The van der Waals surface area contributed by atoms with Crippen LogP contribution < -0.4 is 5.32 Å². The number of halogens is 2. The fourth-order valence-electron chi connectivity index (χ4n) is 1.33. The highest BCUT2D eigenvalue weighted by atomic mass is 35.5. The Bertz CT molecular complexity index is 328. The Morgan fingerprint density at radius 3 is 3.00 bits per heavy atom. The molecule has 1 unspecified atom stereocenters. The van der Waals surface area contributed by atoms with E-state index >= 15 is 0 Å². The van der Waals surface area contributed by atoms with Crippen LogP contribution in [0.4, 0.5) is 0 Å². The fourth-order valence-corrected chi connectivity index (χ4v) is 1.76. The topological polar surface area (TPSA) is 47.0 Å². The van der Waals surface area contributed by atoms with Gasteiger partial charge >= 0.3 is 0 Å². The number of hydrogen-bond donors (Lipinski definition) is 1. The van der Waals surface area contributed by atoms with E-state index in [2.05, 4.69) is 15.3 Å². The van der Waals surface area contributed by atoms with E-state index in [1.54, 1.807) is 6.20 Å². The zero-order valence-electron chi connectivity index (χ0n) is 7.33. The van der Waals surface area contributed by atoms with Crippen molar-refractivity contribution >= 4 is 23.2 Å². The minimum atomic E-state index is -0.0754. The predicted octanol–water partition coefficient (Wildman–Crippen LogP) is 1.44. The molecular formula is C8H9Cl2N3O. The quantitative estimate of drug-likeness (QED) is 0.590. The van der Waals surface area contributed by atoms with Gasteiger partial charge in [0.15, 0.2) is 0 Å². The zero-order valence-corrected chi connectivity index (χ0v) is 8.85. The van der Waals surface area contributed by atoms with E-state index in [0.29, 0.717) is 11.8 Å². The summed E-state index contributed by atoms with van der Waals surface area (Å²) in [6.45, 7) is 2.26. The van der Waals surface area contributed by atoms with Gasteiger partial charge in [-0.15, -0.1) is 0 Å². The van der Waals surface area contributed by atoms with Gasteiger partial charge in [0.05, 0.1) is 12.7 Å². The summed E-state index contributed by atoms with van der Waals surface area (Å²) in [6, 6.07) is 0. The third-order valence-corrected chi connectivity index (χ3v) is 2.50. The first-order chi connectivity index (χ1) is 6.77. The van der Waals surface area contributed by atoms with Gasteiger partial charge in [-0.25, -0.2) is 9.97 Å². The van der Waals surface area contributed by atoms with Crippen molar-refractivity contribution in [1.29, 1.82) is 0 Å². The molecule has 0 bridgehead atoms. The van der Waals surface area contributed by atoms with Crippen molar-refractivity contribution in [2.75, 3.05) is 19.7 Å². The molecule has 0 radical (unpaired) electrons. The van der Waals surface area contributed by atoms with Gasteiger partial charge in [0.25, 0.3) is 0 Å². The van der Waals surface area contributed by atoms with Gasteiger partial charge in [-0.3, -0.25) is 0 Å². The third kappa shape index (κ3) is 2.15. The van der Waals surface area contributed by atoms with Crippen molar-refractivity contribution in [2.45, 2.75) is 6.10 Å². The van der Waals surface area contributed by atoms with E-state index in [0.717, 1.165) is 18.7 Å². The average Bonchev–Trinajstić information content (AvgIpc) is 2.19. The third-order valence-electron chi connectivity index (χ3n) is 2.01. The summed E-state index contributed by atoms with van der Waals surface area (Å²) in [6.07, 6.45) is 1.53. The van der Waals surface area contributed by atoms with E-state index < -0.39 is 0 Å². The maximum Gasteiger partial charge on any atom is 0.223 e. The fraction of sp³-hybridized carbons (Fsp3) is 0.500. The van der Waals surface area contributed by atoms with Crippen LogP contribution in [-0.4, -0.2) is 29.7 Å². The van der Waals surface area contributed by atoms with Crippen LogP contribution in [0.15, 0.2) is 6.20 Å². The van der Waals surface area contributed by atoms with Crippen LogP contribution in [0.25, 0.3) is 0 Å². The lowest BCUT2D eigenvalue weighted by Gasteiger charge is -2.23. The van der Waals surface area contributed by atoms with Crippen molar-refractivity contribution in [3.05, 3.63) is 22.2 Å². The van der Waals surface area contributed by atoms with E-state index in [9.17, 15) is 0 Å². The first-order valence-electron chi connectivity index (χ1n) is 4.27. The molecule has 0 amide bonds. The van der Waals surface area contributed by atoms with Crippen LogP contribution in [0.5, 0.6) is 0 Å². The Morgan fingerprint density at radius 1 is 1.50 bits per heavy atom. The molecule has 0 saturated carbocycles. The van der Waals surface area contributed by atoms with Gasteiger partial charge in [0.2, 0.25) is 5.28 Å². The highest BCUT2D eigenvalue weighted by molar-refractivity contribution is 6.32. The number of nitrogens with zero attached hydrogens (tertiary/aromatic N) is 2. The Morgan fingerprint density at radius 2 is 2.36 bits per heavy atom. The Kier molecular flexibility index (Phi) is 3.18. The molecule has 0 spiro atoms. The molecule has 1 aromatic rings. The molecule has 1 N–H and O–H groups in total. The summed E-state index contributed by atoms with van der Waals surface area (Å²) in [7, 11) is 0. The molecule has 0 aromatic carbocycles. The second-order valence-corrected chi connectivity index (χ2v) is 3.64. The summed E-state index contributed by atoms with van der Waals surface area (Å²) >= 11 is 11.5. The minimum Gasteiger partial charge on any atom is -0.371 e. The second-order valence-electron chi connectivity index (χ2n) is 2.95. The molecule has 0 aliphatic carbocycles. The normalized spacial score (nSPS) is 22.3. The van der Waals surface area contributed by atoms with Crippen LogP contribution >= 0.6 is 23.2 Å². The monoisotopic (exact) mass is 233 g/mol. The van der Waals surface area contributed by atoms with Crippen molar-refractivity contribution in [2.24, 2.45) is 0 Å². The van der Waals surface area contributed by atoms with Crippen LogP contribution in [0, 0.1) is 0 Å². The molecule has 1 atom stereocenters. The zero-order chi connectivity index (χ0) is 9.97. The number of ether oxygens (including phenoxy) is 1. The average molecular weight is 234 g/mol. The summed E-state index contributed by atoms with van der Waals surface area (Å²) in [5.74, 6) is 0. The molecule has 14 heavy (non-hydrogen) atoms. The van der Waals surface area contributed by atoms with Crippen molar-refractivity contribution < 1.29 is 4.74 Å². The van der Waals surface area contributed by atoms with Crippen molar-refractivity contribution in [3.8, 4) is 0 Å². The van der Waals surface area contributed by atoms with Crippen LogP contribution in [0.1, 0.15) is 11.7 Å². The molecule has 1 fully saturated rings.